The Balaban J connectivity index is 2.37. The molecule has 1 saturated heterocycles. The first-order valence-corrected chi connectivity index (χ1v) is 7.62. The molecule has 3 N–H and O–H groups in total. The Kier molecular flexibility index (Phi) is 3.30. The lowest BCUT2D eigenvalue weighted by molar-refractivity contribution is 0.586. The van der Waals surface area contributed by atoms with Gasteiger partial charge in [-0.2, -0.15) is 0 Å². The third-order valence-electron chi connectivity index (χ3n) is 3.19. The smallest absolute Gasteiger partial charge is 0.153 e. The first kappa shape index (κ1) is 12.9. The maximum Gasteiger partial charge on any atom is 0.153 e. The molecular formula is C12H17N3O2S. The highest BCUT2D eigenvalue weighted by Gasteiger charge is 2.24. The minimum Gasteiger partial charge on any atom is -0.384 e. The fourth-order valence-electron chi connectivity index (χ4n) is 2.23. The molecule has 2 rings (SSSR count). The molecule has 1 aliphatic rings. The molecule has 0 radical (unpaired) electrons. The Labute approximate surface area is 107 Å². The van der Waals surface area contributed by atoms with Crippen LogP contribution in [-0.4, -0.2) is 38.8 Å². The van der Waals surface area contributed by atoms with Crippen LogP contribution in [-0.2, 0) is 9.84 Å². The van der Waals surface area contributed by atoms with E-state index in [0.29, 0.717) is 18.7 Å². The minimum absolute atomic E-state index is 0.0159. The number of para-hydroxylation sites is 1. The van der Waals surface area contributed by atoms with Crippen molar-refractivity contribution in [2.24, 2.45) is 5.73 Å². The first-order chi connectivity index (χ1) is 8.41. The SMILES string of the molecule is Cc1cccc(C(=N)N)c1N1CCS(=O)(=O)CC1. The van der Waals surface area contributed by atoms with Gasteiger partial charge in [-0.15, -0.1) is 0 Å². The van der Waals surface area contributed by atoms with Crippen molar-refractivity contribution in [1.29, 1.82) is 5.41 Å². The van der Waals surface area contributed by atoms with E-state index in [1.807, 2.05) is 24.0 Å². The molecule has 0 bridgehead atoms. The average molecular weight is 267 g/mol. The van der Waals surface area contributed by atoms with Crippen LogP contribution in [0.25, 0.3) is 0 Å². The number of nitrogens with zero attached hydrogens (tertiary/aromatic N) is 1. The molecule has 5 nitrogen and oxygen atoms in total. The van der Waals surface area contributed by atoms with Gasteiger partial charge in [0, 0.05) is 18.7 Å². The molecule has 0 amide bonds. The molecule has 0 saturated carbocycles. The van der Waals surface area contributed by atoms with Crippen LogP contribution in [0, 0.1) is 12.3 Å². The van der Waals surface area contributed by atoms with E-state index in [4.69, 9.17) is 11.1 Å². The molecule has 98 valence electrons. The number of rotatable bonds is 2. The average Bonchev–Trinajstić information content (AvgIpc) is 2.29. The first-order valence-electron chi connectivity index (χ1n) is 5.80. The summed E-state index contributed by atoms with van der Waals surface area (Å²) in [5, 5.41) is 7.60. The Morgan fingerprint density at radius 1 is 1.33 bits per heavy atom. The summed E-state index contributed by atoms with van der Waals surface area (Å²) in [6, 6.07) is 5.61. The van der Waals surface area contributed by atoms with Crippen molar-refractivity contribution in [3.05, 3.63) is 29.3 Å². The van der Waals surface area contributed by atoms with Crippen LogP contribution in [0.3, 0.4) is 0 Å². The zero-order chi connectivity index (χ0) is 13.3. The summed E-state index contributed by atoms with van der Waals surface area (Å²) in [7, 11) is -2.90. The van der Waals surface area contributed by atoms with Crippen LogP contribution >= 0.6 is 0 Å². The number of benzene rings is 1. The number of hydrogen-bond donors (Lipinski definition) is 2. The third kappa shape index (κ3) is 2.48. The standard InChI is InChI=1S/C12H17N3O2S/c1-9-3-2-4-10(12(13)14)11(9)15-5-7-18(16,17)8-6-15/h2-4H,5-8H2,1H3,(H3,13,14). The second kappa shape index (κ2) is 4.61. The summed E-state index contributed by atoms with van der Waals surface area (Å²) in [4.78, 5) is 2.01. The molecule has 1 heterocycles. The van der Waals surface area contributed by atoms with Gasteiger partial charge in [0.2, 0.25) is 0 Å². The van der Waals surface area contributed by atoms with Gasteiger partial charge in [0.1, 0.15) is 5.84 Å². The van der Waals surface area contributed by atoms with Gasteiger partial charge in [0.15, 0.2) is 9.84 Å². The van der Waals surface area contributed by atoms with E-state index in [-0.39, 0.29) is 17.3 Å². The summed E-state index contributed by atoms with van der Waals surface area (Å²) in [5.41, 5.74) is 8.16. The largest absolute Gasteiger partial charge is 0.384 e. The normalized spacial score (nSPS) is 18.6. The number of nitrogens with two attached hydrogens (primary N) is 1. The predicted octanol–water partition coefficient (Wildman–Crippen LogP) is 0.514. The van der Waals surface area contributed by atoms with E-state index >= 15 is 0 Å². The molecule has 1 aromatic rings. The summed E-state index contributed by atoms with van der Waals surface area (Å²) in [6.07, 6.45) is 0. The number of anilines is 1. The van der Waals surface area contributed by atoms with Crippen LogP contribution < -0.4 is 10.6 Å². The van der Waals surface area contributed by atoms with E-state index < -0.39 is 9.84 Å². The van der Waals surface area contributed by atoms with Gasteiger partial charge >= 0.3 is 0 Å². The topological polar surface area (TPSA) is 87.2 Å². The van der Waals surface area contributed by atoms with Crippen molar-refractivity contribution in [1.82, 2.24) is 0 Å². The van der Waals surface area contributed by atoms with E-state index in [0.717, 1.165) is 11.3 Å². The Bertz CT molecular complexity index is 567. The minimum atomic E-state index is -2.90. The van der Waals surface area contributed by atoms with Gasteiger partial charge in [0.25, 0.3) is 0 Å². The molecule has 6 heteroatoms. The van der Waals surface area contributed by atoms with Gasteiger partial charge in [-0.25, -0.2) is 8.42 Å². The van der Waals surface area contributed by atoms with E-state index in [1.54, 1.807) is 6.07 Å². The fraction of sp³-hybridized carbons (Fsp3) is 0.417. The fourth-order valence-corrected chi connectivity index (χ4v) is 3.43. The number of sulfone groups is 1. The van der Waals surface area contributed by atoms with Crippen molar-refractivity contribution in [2.75, 3.05) is 29.5 Å². The molecule has 1 aliphatic heterocycles. The highest BCUT2D eigenvalue weighted by Crippen LogP contribution is 2.26. The maximum atomic E-state index is 11.4. The second-order valence-electron chi connectivity index (χ2n) is 4.52. The summed E-state index contributed by atoms with van der Waals surface area (Å²) in [6.45, 7) is 2.88. The zero-order valence-electron chi connectivity index (χ0n) is 10.3. The maximum absolute atomic E-state index is 11.4. The Morgan fingerprint density at radius 2 is 1.94 bits per heavy atom. The van der Waals surface area contributed by atoms with Gasteiger partial charge in [-0.1, -0.05) is 12.1 Å². The van der Waals surface area contributed by atoms with Gasteiger partial charge in [-0.3, -0.25) is 5.41 Å². The van der Waals surface area contributed by atoms with Crippen LogP contribution in [0.15, 0.2) is 18.2 Å². The van der Waals surface area contributed by atoms with Crippen LogP contribution in [0.1, 0.15) is 11.1 Å². The third-order valence-corrected chi connectivity index (χ3v) is 4.80. The molecule has 18 heavy (non-hydrogen) atoms. The highest BCUT2D eigenvalue weighted by molar-refractivity contribution is 7.91. The molecule has 0 unspecified atom stereocenters. The van der Waals surface area contributed by atoms with Crippen LogP contribution in [0.4, 0.5) is 5.69 Å². The zero-order valence-corrected chi connectivity index (χ0v) is 11.1. The number of aryl methyl sites for hydroxylation is 1. The highest BCUT2D eigenvalue weighted by atomic mass is 32.2. The Hall–Kier alpha value is -1.56. The lowest BCUT2D eigenvalue weighted by atomic mass is 10.1. The van der Waals surface area contributed by atoms with Crippen molar-refractivity contribution in [3.8, 4) is 0 Å². The van der Waals surface area contributed by atoms with Gasteiger partial charge < -0.3 is 10.6 Å². The summed E-state index contributed by atoms with van der Waals surface area (Å²) < 4.78 is 22.9. The predicted molar refractivity (Wildman–Crippen MR) is 73.1 cm³/mol. The monoisotopic (exact) mass is 267 g/mol. The second-order valence-corrected chi connectivity index (χ2v) is 6.83. The lowest BCUT2D eigenvalue weighted by Crippen LogP contribution is -2.41. The van der Waals surface area contributed by atoms with Crippen LogP contribution in [0.5, 0.6) is 0 Å². The van der Waals surface area contributed by atoms with Crippen molar-refractivity contribution < 1.29 is 8.42 Å². The van der Waals surface area contributed by atoms with E-state index in [9.17, 15) is 8.42 Å². The van der Waals surface area contributed by atoms with Crippen molar-refractivity contribution in [3.63, 3.8) is 0 Å². The molecule has 1 fully saturated rings. The number of amidine groups is 1. The summed E-state index contributed by atoms with van der Waals surface area (Å²) >= 11 is 0. The number of hydrogen-bond acceptors (Lipinski definition) is 4. The molecule has 0 atom stereocenters. The van der Waals surface area contributed by atoms with E-state index in [1.165, 1.54) is 0 Å². The molecule has 0 spiro atoms. The molecule has 0 aromatic heterocycles. The summed E-state index contributed by atoms with van der Waals surface area (Å²) in [5.74, 6) is 0.347. The van der Waals surface area contributed by atoms with Crippen LogP contribution in [0.2, 0.25) is 0 Å². The van der Waals surface area contributed by atoms with Crippen molar-refractivity contribution in [2.45, 2.75) is 6.92 Å². The molecule has 0 aliphatic carbocycles. The number of nitrogens with one attached hydrogen (secondary N) is 1. The molecular weight excluding hydrogens is 250 g/mol. The van der Waals surface area contributed by atoms with Crippen molar-refractivity contribution >= 4 is 21.4 Å². The van der Waals surface area contributed by atoms with Gasteiger partial charge in [0.05, 0.1) is 17.2 Å². The molecule has 1 aromatic carbocycles. The lowest BCUT2D eigenvalue weighted by Gasteiger charge is -2.31. The quantitative estimate of drug-likeness (QED) is 0.604. The number of nitrogen functional groups attached to an aromatic ring is 1. The Morgan fingerprint density at radius 3 is 2.50 bits per heavy atom. The van der Waals surface area contributed by atoms with E-state index in [2.05, 4.69) is 0 Å². The van der Waals surface area contributed by atoms with Gasteiger partial charge in [-0.05, 0) is 18.6 Å².